The van der Waals surface area contributed by atoms with Crippen molar-refractivity contribution in [2.75, 3.05) is 31.6 Å². The molecule has 0 aliphatic carbocycles. The summed E-state index contributed by atoms with van der Waals surface area (Å²) >= 11 is 6.43. The summed E-state index contributed by atoms with van der Waals surface area (Å²) in [6, 6.07) is 12.8. The largest absolute Gasteiger partial charge is 0.486 e. The number of halogens is 1. The number of nitrogens with zero attached hydrogens (tertiary/aromatic N) is 5. The van der Waals surface area contributed by atoms with Crippen LogP contribution in [0.25, 0.3) is 0 Å². The molecule has 3 aromatic rings. The van der Waals surface area contributed by atoms with E-state index in [0.29, 0.717) is 22.7 Å². The minimum Gasteiger partial charge on any atom is -0.486 e. The third kappa shape index (κ3) is 5.71. The predicted octanol–water partition coefficient (Wildman–Crippen LogP) is 3.09. The van der Waals surface area contributed by atoms with Gasteiger partial charge >= 0.3 is 0 Å². The van der Waals surface area contributed by atoms with Crippen LogP contribution in [0.3, 0.4) is 0 Å². The lowest BCUT2D eigenvalue weighted by Crippen LogP contribution is -2.51. The van der Waals surface area contributed by atoms with E-state index in [1.807, 2.05) is 30.3 Å². The van der Waals surface area contributed by atoms with Gasteiger partial charge in [-0.25, -0.2) is 0 Å². The fourth-order valence-corrected chi connectivity index (χ4v) is 5.16. The zero-order valence-electron chi connectivity index (χ0n) is 21.0. The Morgan fingerprint density at radius 3 is 2.79 bits per heavy atom. The molecule has 2 N–H and O–H groups in total. The normalized spacial score (nSPS) is 18.0. The maximum Gasteiger partial charge on any atom is 0.226 e. The van der Waals surface area contributed by atoms with E-state index in [1.54, 1.807) is 24.5 Å². The molecule has 1 amide bonds. The van der Waals surface area contributed by atoms with Gasteiger partial charge in [0.25, 0.3) is 0 Å². The molecule has 5 rings (SSSR count). The number of hydrogen-bond acceptors (Lipinski definition) is 9. The van der Waals surface area contributed by atoms with Crippen molar-refractivity contribution in [2.45, 2.75) is 37.4 Å². The number of ether oxygens (including phenoxy) is 1. The number of fused-ring (bicyclic) bond motifs is 1. The molecule has 0 bridgehead atoms. The summed E-state index contributed by atoms with van der Waals surface area (Å²) in [5.41, 5.74) is 2.40. The number of piperidine rings is 1. The highest BCUT2D eigenvalue weighted by molar-refractivity contribution is 6.34. The third-order valence-corrected chi connectivity index (χ3v) is 7.20. The SMILES string of the molecule is CON=C1CC2(CCN(c3ccc(CC(=O)NCC(O)c4cccnc4)nn3)CC2)Oc2cccc(Cl)c21. The number of anilines is 1. The molecule has 10 nitrogen and oxygen atoms in total. The summed E-state index contributed by atoms with van der Waals surface area (Å²) in [6.07, 6.45) is 4.61. The molecule has 0 saturated carbocycles. The Kier molecular flexibility index (Phi) is 7.71. The summed E-state index contributed by atoms with van der Waals surface area (Å²) in [5, 5.41) is 26.4. The molecular weight excluding hydrogens is 508 g/mol. The minimum atomic E-state index is -0.820. The highest BCUT2D eigenvalue weighted by Gasteiger charge is 2.43. The number of aliphatic hydroxyl groups is 1. The second kappa shape index (κ2) is 11.3. The van der Waals surface area contributed by atoms with E-state index < -0.39 is 11.7 Å². The fraction of sp³-hybridized carbons (Fsp3) is 0.370. The van der Waals surface area contributed by atoms with Gasteiger partial charge in [-0.1, -0.05) is 28.9 Å². The van der Waals surface area contributed by atoms with Crippen molar-refractivity contribution >= 4 is 29.0 Å². The molecule has 1 aromatic carbocycles. The molecule has 1 saturated heterocycles. The molecule has 2 aromatic heterocycles. The van der Waals surface area contributed by atoms with Crippen molar-refractivity contribution in [1.82, 2.24) is 20.5 Å². The molecule has 1 spiro atoms. The third-order valence-electron chi connectivity index (χ3n) is 6.89. The number of amides is 1. The highest BCUT2D eigenvalue weighted by Crippen LogP contribution is 2.42. The number of rotatable bonds is 7. The average molecular weight is 537 g/mol. The summed E-state index contributed by atoms with van der Waals surface area (Å²) in [5.74, 6) is 1.24. The van der Waals surface area contributed by atoms with Gasteiger partial charge in [-0.15, -0.1) is 5.10 Å². The molecule has 38 heavy (non-hydrogen) atoms. The first kappa shape index (κ1) is 25.9. The van der Waals surface area contributed by atoms with Gasteiger partial charge in [-0.05, 0) is 30.3 Å². The molecule has 11 heteroatoms. The number of aliphatic hydroxyl groups excluding tert-OH is 1. The quantitative estimate of drug-likeness (QED) is 0.442. The van der Waals surface area contributed by atoms with Crippen LogP contribution in [-0.2, 0) is 16.1 Å². The number of carbonyl (C=O) groups is 1. The van der Waals surface area contributed by atoms with E-state index in [0.717, 1.165) is 48.8 Å². The number of hydrogen-bond donors (Lipinski definition) is 2. The van der Waals surface area contributed by atoms with Crippen molar-refractivity contribution in [3.63, 3.8) is 0 Å². The summed E-state index contributed by atoms with van der Waals surface area (Å²) < 4.78 is 6.48. The molecule has 1 unspecified atom stereocenters. The topological polar surface area (TPSA) is 122 Å². The van der Waals surface area contributed by atoms with Gasteiger partial charge < -0.3 is 24.9 Å². The van der Waals surface area contributed by atoms with Crippen LogP contribution in [0.2, 0.25) is 5.02 Å². The van der Waals surface area contributed by atoms with Gasteiger partial charge in [0.05, 0.1) is 34.5 Å². The summed E-state index contributed by atoms with van der Waals surface area (Å²) in [6.45, 7) is 1.56. The minimum absolute atomic E-state index is 0.0770. The average Bonchev–Trinajstić information content (AvgIpc) is 2.93. The first-order valence-corrected chi connectivity index (χ1v) is 12.8. The molecular formula is C27H29ClN6O4. The van der Waals surface area contributed by atoms with Crippen molar-refractivity contribution in [1.29, 1.82) is 0 Å². The monoisotopic (exact) mass is 536 g/mol. The van der Waals surface area contributed by atoms with Gasteiger partial charge in [0.1, 0.15) is 18.5 Å². The molecule has 1 fully saturated rings. The number of aromatic nitrogens is 3. The first-order valence-electron chi connectivity index (χ1n) is 12.5. The van der Waals surface area contributed by atoms with Crippen LogP contribution in [0.4, 0.5) is 5.82 Å². The van der Waals surface area contributed by atoms with E-state index in [9.17, 15) is 9.90 Å². The summed E-state index contributed by atoms with van der Waals surface area (Å²) in [4.78, 5) is 23.6. The maximum absolute atomic E-state index is 12.3. The lowest BCUT2D eigenvalue weighted by molar-refractivity contribution is -0.121. The molecule has 0 radical (unpaired) electrons. The van der Waals surface area contributed by atoms with Crippen LogP contribution < -0.4 is 15.0 Å². The van der Waals surface area contributed by atoms with E-state index in [1.165, 1.54) is 7.11 Å². The number of oxime groups is 1. The van der Waals surface area contributed by atoms with Crippen LogP contribution in [0.15, 0.2) is 60.0 Å². The molecule has 1 atom stereocenters. The van der Waals surface area contributed by atoms with Gasteiger partial charge in [-0.2, -0.15) is 5.10 Å². The molecule has 2 aliphatic heterocycles. The Balaban J connectivity index is 1.16. The Labute approximate surface area is 225 Å². The smallest absolute Gasteiger partial charge is 0.226 e. The van der Waals surface area contributed by atoms with Gasteiger partial charge in [0.2, 0.25) is 5.91 Å². The van der Waals surface area contributed by atoms with Crippen molar-refractivity contribution < 1.29 is 19.5 Å². The Bertz CT molecular complexity index is 1300. The second-order valence-corrected chi connectivity index (χ2v) is 9.86. The highest BCUT2D eigenvalue weighted by atomic mass is 35.5. The standard InChI is InChI=1S/C27H29ClN6O4/c1-37-33-21-15-27(38-23-6-2-5-20(28)26(21)23)9-12-34(13-10-27)24-8-7-19(31-32-24)14-25(36)30-17-22(35)18-4-3-11-29-16-18/h2-8,11,16,22,35H,9-10,12-15,17H2,1H3,(H,30,36). The maximum atomic E-state index is 12.3. The van der Waals surface area contributed by atoms with Crippen LogP contribution in [-0.4, -0.2) is 64.3 Å². The van der Waals surface area contributed by atoms with Gasteiger partial charge in [0, 0.05) is 56.9 Å². The van der Waals surface area contributed by atoms with Crippen molar-refractivity contribution in [2.24, 2.45) is 5.16 Å². The van der Waals surface area contributed by atoms with E-state index in [-0.39, 0.29) is 18.9 Å². The van der Waals surface area contributed by atoms with Gasteiger partial charge in [-0.3, -0.25) is 9.78 Å². The Morgan fingerprint density at radius 1 is 1.24 bits per heavy atom. The zero-order valence-corrected chi connectivity index (χ0v) is 21.8. The summed E-state index contributed by atoms with van der Waals surface area (Å²) in [7, 11) is 1.53. The fourth-order valence-electron chi connectivity index (χ4n) is 4.89. The first-order chi connectivity index (χ1) is 18.5. The Hall–Kier alpha value is -3.76. The van der Waals surface area contributed by atoms with E-state index in [4.69, 9.17) is 21.2 Å². The van der Waals surface area contributed by atoms with Crippen molar-refractivity contribution in [3.8, 4) is 5.75 Å². The number of nitrogens with one attached hydrogen (secondary N) is 1. The van der Waals surface area contributed by atoms with Crippen LogP contribution in [0, 0.1) is 0 Å². The van der Waals surface area contributed by atoms with E-state index in [2.05, 4.69) is 30.6 Å². The second-order valence-electron chi connectivity index (χ2n) is 9.45. The lowest BCUT2D eigenvalue weighted by Gasteiger charge is -2.45. The lowest BCUT2D eigenvalue weighted by atomic mass is 9.82. The number of pyridine rings is 1. The van der Waals surface area contributed by atoms with Crippen molar-refractivity contribution in [3.05, 3.63) is 76.7 Å². The van der Waals surface area contributed by atoms with Gasteiger partial charge in [0.15, 0.2) is 5.82 Å². The van der Waals surface area contributed by atoms with E-state index >= 15 is 0 Å². The van der Waals surface area contributed by atoms with Crippen LogP contribution in [0.5, 0.6) is 5.75 Å². The van der Waals surface area contributed by atoms with Crippen LogP contribution in [0.1, 0.15) is 42.2 Å². The predicted molar refractivity (Wildman–Crippen MR) is 142 cm³/mol. The number of carbonyl (C=O) groups excluding carboxylic acids is 1. The van der Waals surface area contributed by atoms with Crippen LogP contribution >= 0.6 is 11.6 Å². The number of benzene rings is 1. The molecule has 198 valence electrons. The molecule has 2 aliphatic rings. The zero-order chi connectivity index (χ0) is 26.5. The molecule has 4 heterocycles. The Morgan fingerprint density at radius 2 is 2.08 bits per heavy atom.